The lowest BCUT2D eigenvalue weighted by Crippen LogP contribution is -2.30. The number of nitro benzene ring substituents is 1. The normalized spacial score (nSPS) is 12.2. The van der Waals surface area contributed by atoms with E-state index in [-0.39, 0.29) is 11.6 Å². The number of hydrogen-bond donors (Lipinski definition) is 0. The summed E-state index contributed by atoms with van der Waals surface area (Å²) in [7, 11) is 1.99. The zero-order valence-corrected chi connectivity index (χ0v) is 12.3. The summed E-state index contributed by atoms with van der Waals surface area (Å²) >= 11 is 7.54. The van der Waals surface area contributed by atoms with Gasteiger partial charge >= 0.3 is 0 Å². The molecule has 1 aromatic carbocycles. The van der Waals surface area contributed by atoms with E-state index in [1.807, 2.05) is 7.05 Å². The number of alkyl halides is 1. The maximum Gasteiger partial charge on any atom is 0.273 e. The van der Waals surface area contributed by atoms with E-state index >= 15 is 0 Å². The van der Waals surface area contributed by atoms with Gasteiger partial charge in [-0.25, -0.2) is 0 Å². The zero-order chi connectivity index (χ0) is 13.7. The highest BCUT2D eigenvalue weighted by molar-refractivity contribution is 7.98. The van der Waals surface area contributed by atoms with Crippen molar-refractivity contribution in [1.29, 1.82) is 0 Å². The van der Waals surface area contributed by atoms with Crippen molar-refractivity contribution in [2.45, 2.75) is 18.8 Å². The molecule has 1 rings (SSSR count). The number of anilines is 1. The van der Waals surface area contributed by atoms with Gasteiger partial charge in [0.15, 0.2) is 0 Å². The number of thioether (sulfide) groups is 1. The van der Waals surface area contributed by atoms with Crippen LogP contribution >= 0.6 is 23.4 Å². The highest BCUT2D eigenvalue weighted by atomic mass is 35.5. The molecule has 0 saturated heterocycles. The molecule has 1 atom stereocenters. The van der Waals surface area contributed by atoms with E-state index in [0.29, 0.717) is 11.6 Å². The molecule has 1 unspecified atom stereocenters. The van der Waals surface area contributed by atoms with E-state index < -0.39 is 4.92 Å². The van der Waals surface area contributed by atoms with E-state index in [2.05, 4.69) is 18.1 Å². The van der Waals surface area contributed by atoms with Crippen molar-refractivity contribution < 1.29 is 4.92 Å². The molecule has 0 aliphatic rings. The summed E-state index contributed by atoms with van der Waals surface area (Å²) in [5.41, 5.74) is 1.60. The molecule has 1 aromatic rings. The molecule has 4 nitrogen and oxygen atoms in total. The van der Waals surface area contributed by atoms with Gasteiger partial charge in [-0.3, -0.25) is 10.1 Å². The third-order valence-corrected chi connectivity index (χ3v) is 3.98. The Hall–Kier alpha value is -0.940. The van der Waals surface area contributed by atoms with Crippen LogP contribution in [0.15, 0.2) is 18.2 Å². The Bertz CT molecular complexity index is 429. The summed E-state index contributed by atoms with van der Waals surface area (Å²) in [4.78, 5) is 12.5. The van der Waals surface area contributed by atoms with Crippen LogP contribution in [0.3, 0.4) is 0 Å². The fourth-order valence-electron chi connectivity index (χ4n) is 1.68. The molecule has 0 radical (unpaired) electrons. The second-order valence-corrected chi connectivity index (χ2v) is 5.30. The lowest BCUT2D eigenvalue weighted by atomic mass is 10.1. The quantitative estimate of drug-likeness (QED) is 0.456. The molecule has 18 heavy (non-hydrogen) atoms. The molecule has 0 aliphatic carbocycles. The topological polar surface area (TPSA) is 46.4 Å². The molecule has 0 fully saturated rings. The molecule has 0 heterocycles. The molecule has 0 amide bonds. The van der Waals surface area contributed by atoms with Gasteiger partial charge in [0.05, 0.1) is 10.8 Å². The summed E-state index contributed by atoms with van der Waals surface area (Å²) in [6, 6.07) is 5.45. The van der Waals surface area contributed by atoms with Crippen molar-refractivity contribution >= 4 is 34.7 Å². The van der Waals surface area contributed by atoms with Crippen molar-refractivity contribution in [1.82, 2.24) is 0 Å². The first-order valence-corrected chi connectivity index (χ1v) is 7.49. The van der Waals surface area contributed by atoms with Crippen LogP contribution < -0.4 is 4.90 Å². The van der Waals surface area contributed by atoms with Gasteiger partial charge in [0.25, 0.3) is 5.69 Å². The Labute approximate surface area is 116 Å². The van der Waals surface area contributed by atoms with Gasteiger partial charge in [-0.05, 0) is 25.3 Å². The summed E-state index contributed by atoms with van der Waals surface area (Å²) in [5, 5.41) is 10.8. The first-order chi connectivity index (χ1) is 8.51. The van der Waals surface area contributed by atoms with Gasteiger partial charge in [0.1, 0.15) is 0 Å². The minimum Gasteiger partial charge on any atom is -0.371 e. The first kappa shape index (κ1) is 15.1. The second kappa shape index (κ2) is 6.85. The van der Waals surface area contributed by atoms with E-state index in [9.17, 15) is 10.1 Å². The summed E-state index contributed by atoms with van der Waals surface area (Å²) in [6.45, 7) is 2.12. The van der Waals surface area contributed by atoms with Crippen LogP contribution in [0.4, 0.5) is 11.4 Å². The van der Waals surface area contributed by atoms with Gasteiger partial charge in [0.2, 0.25) is 0 Å². The van der Waals surface area contributed by atoms with Crippen molar-refractivity contribution in [2.24, 2.45) is 0 Å². The highest BCUT2D eigenvalue weighted by Gasteiger charge is 2.16. The average molecular weight is 289 g/mol. The Morgan fingerprint density at radius 2 is 2.22 bits per heavy atom. The van der Waals surface area contributed by atoms with Crippen LogP contribution in [0, 0.1) is 10.1 Å². The molecule has 6 heteroatoms. The maximum atomic E-state index is 10.8. The van der Waals surface area contributed by atoms with Crippen LogP contribution in [0.5, 0.6) is 0 Å². The predicted molar refractivity (Wildman–Crippen MR) is 78.9 cm³/mol. The molecule has 0 N–H and O–H groups in total. The third-order valence-electron chi connectivity index (χ3n) is 2.88. The van der Waals surface area contributed by atoms with Gasteiger partial charge in [-0.15, -0.1) is 11.6 Å². The minimum atomic E-state index is -0.396. The Morgan fingerprint density at radius 1 is 1.56 bits per heavy atom. The minimum absolute atomic E-state index is 0.0830. The van der Waals surface area contributed by atoms with E-state index in [0.717, 1.165) is 11.4 Å². The van der Waals surface area contributed by atoms with E-state index in [4.69, 9.17) is 11.6 Å². The Kier molecular flexibility index (Phi) is 5.75. The Balaban J connectivity index is 3.01. The van der Waals surface area contributed by atoms with Crippen LogP contribution in [0.25, 0.3) is 0 Å². The Morgan fingerprint density at radius 3 is 2.72 bits per heavy atom. The lowest BCUT2D eigenvalue weighted by Gasteiger charge is -2.26. The van der Waals surface area contributed by atoms with Crippen LogP contribution in [0.2, 0.25) is 0 Å². The van der Waals surface area contributed by atoms with Crippen molar-refractivity contribution in [3.8, 4) is 0 Å². The van der Waals surface area contributed by atoms with Crippen LogP contribution in [0.1, 0.15) is 12.5 Å². The summed E-state index contributed by atoms with van der Waals surface area (Å²) in [6.07, 6.45) is 2.06. The molecule has 0 aliphatic heterocycles. The van der Waals surface area contributed by atoms with Crippen molar-refractivity contribution in [3.05, 3.63) is 33.9 Å². The van der Waals surface area contributed by atoms with E-state index in [1.165, 1.54) is 6.07 Å². The number of rotatable bonds is 6. The van der Waals surface area contributed by atoms with E-state index in [1.54, 1.807) is 23.9 Å². The number of benzene rings is 1. The molecule has 0 aromatic heterocycles. The fourth-order valence-corrected chi connectivity index (χ4v) is 2.60. The van der Waals surface area contributed by atoms with Gasteiger partial charge < -0.3 is 4.90 Å². The van der Waals surface area contributed by atoms with Crippen LogP contribution in [-0.2, 0) is 5.88 Å². The zero-order valence-electron chi connectivity index (χ0n) is 10.7. The van der Waals surface area contributed by atoms with Crippen LogP contribution in [-0.4, -0.2) is 30.0 Å². The maximum absolute atomic E-state index is 10.8. The van der Waals surface area contributed by atoms with Crippen molar-refractivity contribution in [2.75, 3.05) is 24.0 Å². The predicted octanol–water partition coefficient (Wildman–Crippen LogP) is 3.52. The number of nitro groups is 1. The number of halogens is 1. The molecule has 0 saturated carbocycles. The molecule has 0 bridgehead atoms. The standard InChI is InChI=1S/C12H17ClN2O2S/c1-9(8-18-3)14(2)11-4-5-12(15(16)17)10(6-11)7-13/h4-6,9H,7-8H2,1-3H3. The fraction of sp³-hybridized carbons (Fsp3) is 0.500. The molecule has 100 valence electrons. The van der Waals surface area contributed by atoms with Gasteiger partial charge in [-0.2, -0.15) is 11.8 Å². The smallest absolute Gasteiger partial charge is 0.273 e. The number of nitrogens with zero attached hydrogens (tertiary/aromatic N) is 2. The monoisotopic (exact) mass is 288 g/mol. The average Bonchev–Trinajstić information content (AvgIpc) is 2.37. The molecular weight excluding hydrogens is 272 g/mol. The summed E-state index contributed by atoms with van der Waals surface area (Å²) in [5.74, 6) is 1.15. The SMILES string of the molecule is CSCC(C)N(C)c1ccc([N+](=O)[O-])c(CCl)c1. The lowest BCUT2D eigenvalue weighted by molar-refractivity contribution is -0.385. The molecular formula is C12H17ClN2O2S. The molecule has 0 spiro atoms. The van der Waals surface area contributed by atoms with Gasteiger partial charge in [0, 0.05) is 36.2 Å². The second-order valence-electron chi connectivity index (χ2n) is 4.12. The first-order valence-electron chi connectivity index (χ1n) is 5.56. The number of hydrogen-bond acceptors (Lipinski definition) is 4. The largest absolute Gasteiger partial charge is 0.371 e. The summed E-state index contributed by atoms with van der Waals surface area (Å²) < 4.78 is 0. The third kappa shape index (κ3) is 3.53. The van der Waals surface area contributed by atoms with Crippen molar-refractivity contribution in [3.63, 3.8) is 0 Å². The van der Waals surface area contributed by atoms with Gasteiger partial charge in [-0.1, -0.05) is 0 Å². The highest BCUT2D eigenvalue weighted by Crippen LogP contribution is 2.27.